The summed E-state index contributed by atoms with van der Waals surface area (Å²) >= 11 is 0. The van der Waals surface area contributed by atoms with E-state index in [4.69, 9.17) is 9.15 Å². The maximum Gasteiger partial charge on any atom is 0.417 e. The molecule has 0 bridgehead atoms. The van der Waals surface area contributed by atoms with Crippen LogP contribution in [0.25, 0.3) is 11.0 Å². The highest BCUT2D eigenvalue weighted by molar-refractivity contribution is 5.93. The third kappa shape index (κ3) is 1.87. The molecule has 4 nitrogen and oxygen atoms in total. The Kier molecular flexibility index (Phi) is 2.73. The van der Waals surface area contributed by atoms with Gasteiger partial charge in [-0.3, -0.25) is 0 Å². The van der Waals surface area contributed by atoms with Crippen molar-refractivity contribution in [2.45, 2.75) is 26.8 Å². The van der Waals surface area contributed by atoms with Gasteiger partial charge in [-0.15, -0.1) is 0 Å². The van der Waals surface area contributed by atoms with Crippen LogP contribution in [-0.4, -0.2) is 18.7 Å². The number of carbonyl (C=O) groups excluding carboxylic acids is 1. The minimum absolute atomic E-state index is 0.0355. The van der Waals surface area contributed by atoms with Crippen molar-refractivity contribution in [2.75, 3.05) is 11.5 Å². The molecular weight excluding hydrogens is 242 g/mol. The average molecular weight is 259 g/mol. The molecule has 1 fully saturated rings. The summed E-state index contributed by atoms with van der Waals surface area (Å²) in [7, 11) is 0. The predicted molar refractivity (Wildman–Crippen MR) is 73.4 cm³/mol. The number of hydrogen-bond acceptors (Lipinski definition) is 3. The number of cyclic esters (lactones) is 1. The van der Waals surface area contributed by atoms with Gasteiger partial charge in [-0.25, -0.2) is 9.69 Å². The lowest BCUT2D eigenvalue weighted by atomic mass is 10.0. The molecule has 1 atom stereocenters. The van der Waals surface area contributed by atoms with E-state index in [0.717, 1.165) is 16.5 Å². The SMILES string of the molecule is Cc1cccc2oc(N3C(=O)OC[C@H]3C(C)C)cc12. The number of anilines is 1. The van der Waals surface area contributed by atoms with Crippen LogP contribution in [0.4, 0.5) is 10.7 Å². The minimum Gasteiger partial charge on any atom is -0.447 e. The summed E-state index contributed by atoms with van der Waals surface area (Å²) in [5.74, 6) is 0.895. The standard InChI is InChI=1S/C15H17NO3/c1-9(2)12-8-18-15(17)16(12)14-7-11-10(3)5-4-6-13(11)19-14/h4-7,9,12H,8H2,1-3H3/t12-/m0/s1. The minimum atomic E-state index is -0.324. The number of hydrogen-bond donors (Lipinski definition) is 0. The van der Waals surface area contributed by atoms with E-state index in [9.17, 15) is 4.79 Å². The monoisotopic (exact) mass is 259 g/mol. The van der Waals surface area contributed by atoms with Crippen LogP contribution in [0.2, 0.25) is 0 Å². The van der Waals surface area contributed by atoms with Crippen molar-refractivity contribution in [3.63, 3.8) is 0 Å². The number of ether oxygens (including phenoxy) is 1. The van der Waals surface area contributed by atoms with Crippen LogP contribution >= 0.6 is 0 Å². The smallest absolute Gasteiger partial charge is 0.417 e. The number of furan rings is 1. The zero-order valence-corrected chi connectivity index (χ0v) is 11.3. The van der Waals surface area contributed by atoms with E-state index in [1.54, 1.807) is 4.90 Å². The van der Waals surface area contributed by atoms with E-state index in [1.165, 1.54) is 0 Å². The third-order valence-corrected chi connectivity index (χ3v) is 3.68. The molecule has 100 valence electrons. The van der Waals surface area contributed by atoms with Gasteiger partial charge in [-0.1, -0.05) is 26.0 Å². The molecule has 1 aliphatic rings. The Morgan fingerprint density at radius 2 is 2.16 bits per heavy atom. The van der Waals surface area contributed by atoms with E-state index in [0.29, 0.717) is 18.4 Å². The van der Waals surface area contributed by atoms with Gasteiger partial charge in [0.2, 0.25) is 5.88 Å². The number of amides is 1. The number of nitrogens with zero attached hydrogens (tertiary/aromatic N) is 1. The second-order valence-electron chi connectivity index (χ2n) is 5.33. The number of benzene rings is 1. The number of aryl methyl sites for hydroxylation is 1. The normalized spacial score (nSPS) is 19.5. The molecule has 2 aromatic rings. The van der Waals surface area contributed by atoms with Crippen molar-refractivity contribution in [3.8, 4) is 0 Å². The van der Waals surface area contributed by atoms with Crippen molar-refractivity contribution in [1.29, 1.82) is 0 Å². The summed E-state index contributed by atoms with van der Waals surface area (Å²) in [6.07, 6.45) is -0.324. The molecule has 1 aromatic carbocycles. The summed E-state index contributed by atoms with van der Waals surface area (Å²) in [5, 5.41) is 1.04. The molecule has 1 aliphatic heterocycles. The van der Waals surface area contributed by atoms with E-state index < -0.39 is 0 Å². The highest BCUT2D eigenvalue weighted by Gasteiger charge is 2.38. The van der Waals surface area contributed by atoms with Gasteiger partial charge in [0.05, 0.1) is 6.04 Å². The lowest BCUT2D eigenvalue weighted by Crippen LogP contribution is -2.36. The first-order valence-corrected chi connectivity index (χ1v) is 6.53. The molecule has 0 saturated carbocycles. The molecule has 0 unspecified atom stereocenters. The van der Waals surface area contributed by atoms with E-state index in [2.05, 4.69) is 13.8 Å². The molecule has 3 rings (SSSR count). The molecule has 0 N–H and O–H groups in total. The largest absolute Gasteiger partial charge is 0.447 e. The first kappa shape index (κ1) is 12.1. The number of fused-ring (bicyclic) bond motifs is 1. The Balaban J connectivity index is 2.08. The molecule has 1 saturated heterocycles. The van der Waals surface area contributed by atoms with Crippen molar-refractivity contribution >= 4 is 22.9 Å². The van der Waals surface area contributed by atoms with E-state index >= 15 is 0 Å². The van der Waals surface area contributed by atoms with Gasteiger partial charge in [0, 0.05) is 11.5 Å². The topological polar surface area (TPSA) is 42.7 Å². The molecule has 2 heterocycles. The Bertz CT molecular complexity index is 629. The average Bonchev–Trinajstić information content (AvgIpc) is 2.92. The number of carbonyl (C=O) groups is 1. The van der Waals surface area contributed by atoms with Gasteiger partial charge < -0.3 is 9.15 Å². The van der Waals surface area contributed by atoms with E-state index in [1.807, 2.05) is 31.2 Å². The van der Waals surface area contributed by atoms with Crippen LogP contribution in [0.3, 0.4) is 0 Å². The van der Waals surface area contributed by atoms with Gasteiger partial charge in [0.1, 0.15) is 12.2 Å². The fourth-order valence-corrected chi connectivity index (χ4v) is 2.49. The fraction of sp³-hybridized carbons (Fsp3) is 0.400. The molecular formula is C15H17NO3. The van der Waals surface area contributed by atoms with Crippen molar-refractivity contribution < 1.29 is 13.9 Å². The molecule has 0 aliphatic carbocycles. The van der Waals surface area contributed by atoms with E-state index in [-0.39, 0.29) is 12.1 Å². The first-order valence-electron chi connectivity index (χ1n) is 6.53. The van der Waals surface area contributed by atoms with Gasteiger partial charge in [-0.05, 0) is 24.5 Å². The Labute approximate surface area is 111 Å². The second kappa shape index (κ2) is 4.30. The third-order valence-electron chi connectivity index (χ3n) is 3.68. The number of rotatable bonds is 2. The summed E-state index contributed by atoms with van der Waals surface area (Å²) in [6, 6.07) is 7.86. The highest BCUT2D eigenvalue weighted by atomic mass is 16.6. The lowest BCUT2D eigenvalue weighted by Gasteiger charge is -2.21. The fourth-order valence-electron chi connectivity index (χ4n) is 2.49. The maximum atomic E-state index is 11.9. The second-order valence-corrected chi connectivity index (χ2v) is 5.33. The lowest BCUT2D eigenvalue weighted by molar-refractivity contribution is 0.177. The summed E-state index contributed by atoms with van der Waals surface area (Å²) < 4.78 is 11.0. The van der Waals surface area contributed by atoms with Crippen LogP contribution in [0.15, 0.2) is 28.7 Å². The maximum absolute atomic E-state index is 11.9. The summed E-state index contributed by atoms with van der Waals surface area (Å²) in [6.45, 7) is 6.61. The van der Waals surface area contributed by atoms with Gasteiger partial charge in [0.15, 0.2) is 0 Å². The Morgan fingerprint density at radius 1 is 1.37 bits per heavy atom. The van der Waals surface area contributed by atoms with Crippen molar-refractivity contribution in [2.24, 2.45) is 5.92 Å². The highest BCUT2D eigenvalue weighted by Crippen LogP contribution is 2.33. The zero-order chi connectivity index (χ0) is 13.6. The van der Waals surface area contributed by atoms with Crippen molar-refractivity contribution in [1.82, 2.24) is 0 Å². The molecule has 19 heavy (non-hydrogen) atoms. The molecule has 0 spiro atoms. The summed E-state index contributed by atoms with van der Waals surface area (Å²) in [4.78, 5) is 13.5. The van der Waals surface area contributed by atoms with Crippen LogP contribution in [0.1, 0.15) is 19.4 Å². The Morgan fingerprint density at radius 3 is 2.84 bits per heavy atom. The predicted octanol–water partition coefficient (Wildman–Crippen LogP) is 3.72. The molecule has 1 aromatic heterocycles. The first-order chi connectivity index (χ1) is 9.08. The van der Waals surface area contributed by atoms with Crippen LogP contribution in [-0.2, 0) is 4.74 Å². The van der Waals surface area contributed by atoms with Crippen LogP contribution in [0.5, 0.6) is 0 Å². The Hall–Kier alpha value is -1.97. The van der Waals surface area contributed by atoms with Gasteiger partial charge in [-0.2, -0.15) is 0 Å². The molecule has 1 amide bonds. The molecule has 0 radical (unpaired) electrons. The van der Waals surface area contributed by atoms with Crippen molar-refractivity contribution in [3.05, 3.63) is 29.8 Å². The van der Waals surface area contributed by atoms with Crippen LogP contribution in [0, 0.1) is 12.8 Å². The molecule has 4 heteroatoms. The summed E-state index contributed by atoms with van der Waals surface area (Å²) in [5.41, 5.74) is 1.94. The quantitative estimate of drug-likeness (QED) is 0.825. The zero-order valence-electron chi connectivity index (χ0n) is 11.3. The van der Waals surface area contributed by atoms with Gasteiger partial charge >= 0.3 is 6.09 Å². The van der Waals surface area contributed by atoms with Gasteiger partial charge in [0.25, 0.3) is 0 Å². The van der Waals surface area contributed by atoms with Crippen LogP contribution < -0.4 is 4.90 Å².